The van der Waals surface area contributed by atoms with Gasteiger partial charge in [0.2, 0.25) is 0 Å². The first-order chi connectivity index (χ1) is 9.71. The summed E-state index contributed by atoms with van der Waals surface area (Å²) in [4.78, 5) is 27.3. The predicted octanol–water partition coefficient (Wildman–Crippen LogP) is -2.29. The largest absolute Gasteiger partial charge is 0.390 e. The summed E-state index contributed by atoms with van der Waals surface area (Å²) in [5, 5.41) is 9.79. The number of aliphatic hydroxyl groups is 1. The lowest BCUT2D eigenvalue weighted by Gasteiger charge is -2.25. The number of aromatic nitrogens is 2. The molecule has 1 fully saturated rings. The topological polar surface area (TPSA) is 112 Å². The van der Waals surface area contributed by atoms with Gasteiger partial charge < -0.3 is 10.1 Å². The molecule has 2 heterocycles. The lowest BCUT2D eigenvalue weighted by Crippen LogP contribution is -2.42. The summed E-state index contributed by atoms with van der Waals surface area (Å²) >= 11 is 0. The third-order valence-corrected chi connectivity index (χ3v) is 5.55. The first kappa shape index (κ1) is 15.9. The molecule has 0 aliphatic carbocycles. The highest BCUT2D eigenvalue weighted by Gasteiger charge is 2.38. The van der Waals surface area contributed by atoms with Crippen molar-refractivity contribution in [1.82, 2.24) is 14.5 Å². The van der Waals surface area contributed by atoms with E-state index in [9.17, 15) is 23.1 Å². The Labute approximate surface area is 121 Å². The van der Waals surface area contributed by atoms with E-state index in [0.29, 0.717) is 18.5 Å². The average molecular weight is 317 g/mol. The molecule has 118 valence electrons. The van der Waals surface area contributed by atoms with Crippen LogP contribution in [0.25, 0.3) is 0 Å². The standard InChI is InChI=1S/C12H19N3O5S/c1-14(9-6-21(19,20)7-10(9)16)4-3-8-5-13-12(18)15(2)11(8)17/h5,9-10,16H,3-4,6-7H2,1-2H3,(H,13,18)/t9-,10-/m1/s1. The summed E-state index contributed by atoms with van der Waals surface area (Å²) in [5.74, 6) is -0.295. The number of hydrogen-bond acceptors (Lipinski definition) is 6. The maximum absolute atomic E-state index is 11.9. The third kappa shape index (κ3) is 3.42. The molecule has 1 saturated heterocycles. The van der Waals surface area contributed by atoms with Gasteiger partial charge in [-0.2, -0.15) is 0 Å². The maximum Gasteiger partial charge on any atom is 0.328 e. The fraction of sp³-hybridized carbons (Fsp3) is 0.667. The highest BCUT2D eigenvalue weighted by atomic mass is 32.2. The number of nitrogens with zero attached hydrogens (tertiary/aromatic N) is 2. The van der Waals surface area contributed by atoms with Crippen LogP contribution in [0.4, 0.5) is 0 Å². The Morgan fingerprint density at radius 3 is 2.67 bits per heavy atom. The molecule has 1 aliphatic heterocycles. The number of nitrogens with one attached hydrogen (secondary N) is 1. The molecular weight excluding hydrogens is 298 g/mol. The highest BCUT2D eigenvalue weighted by Crippen LogP contribution is 2.17. The van der Waals surface area contributed by atoms with Gasteiger partial charge in [-0.05, 0) is 13.5 Å². The SMILES string of the molecule is CN(CCc1c[nH]c(=O)n(C)c1=O)[C@@H]1CS(=O)(=O)C[C@H]1O. The maximum atomic E-state index is 11.9. The molecule has 21 heavy (non-hydrogen) atoms. The number of aromatic amines is 1. The monoisotopic (exact) mass is 317 g/mol. The Hall–Kier alpha value is -1.45. The normalized spacial score (nSPS) is 24.6. The number of sulfone groups is 1. The van der Waals surface area contributed by atoms with E-state index in [1.807, 2.05) is 0 Å². The summed E-state index contributed by atoms with van der Waals surface area (Å²) in [6.45, 7) is 0.415. The van der Waals surface area contributed by atoms with Crippen LogP contribution in [-0.2, 0) is 23.3 Å². The van der Waals surface area contributed by atoms with Crippen LogP contribution in [0.5, 0.6) is 0 Å². The summed E-state index contributed by atoms with van der Waals surface area (Å²) < 4.78 is 24.0. The van der Waals surface area contributed by atoms with Crippen LogP contribution in [0, 0.1) is 0 Å². The number of H-pyrrole nitrogens is 1. The summed E-state index contributed by atoms with van der Waals surface area (Å²) in [6.07, 6.45) is 0.835. The van der Waals surface area contributed by atoms with E-state index < -0.39 is 27.7 Å². The van der Waals surface area contributed by atoms with Crippen molar-refractivity contribution in [2.75, 3.05) is 25.1 Å². The van der Waals surface area contributed by atoms with Crippen molar-refractivity contribution in [3.8, 4) is 0 Å². The third-order valence-electron chi connectivity index (χ3n) is 3.85. The zero-order valence-electron chi connectivity index (χ0n) is 11.9. The Balaban J connectivity index is 2.06. The molecule has 9 heteroatoms. The van der Waals surface area contributed by atoms with Crippen molar-refractivity contribution in [3.05, 3.63) is 32.6 Å². The van der Waals surface area contributed by atoms with E-state index in [2.05, 4.69) is 4.98 Å². The Morgan fingerprint density at radius 2 is 2.10 bits per heavy atom. The first-order valence-electron chi connectivity index (χ1n) is 6.57. The molecule has 2 rings (SSSR count). The van der Waals surface area contributed by atoms with E-state index in [1.54, 1.807) is 11.9 Å². The van der Waals surface area contributed by atoms with Crippen molar-refractivity contribution in [3.63, 3.8) is 0 Å². The second-order valence-corrected chi connectivity index (χ2v) is 7.58. The summed E-state index contributed by atoms with van der Waals surface area (Å²) in [7, 11) is -0.0944. The van der Waals surface area contributed by atoms with E-state index in [4.69, 9.17) is 0 Å². The minimum absolute atomic E-state index is 0.0751. The fourth-order valence-electron chi connectivity index (χ4n) is 2.49. The molecule has 2 atom stereocenters. The lowest BCUT2D eigenvalue weighted by molar-refractivity contribution is 0.100. The fourth-order valence-corrected chi connectivity index (χ4v) is 4.36. The molecule has 0 amide bonds. The van der Waals surface area contributed by atoms with Crippen LogP contribution < -0.4 is 11.2 Å². The molecule has 0 aromatic carbocycles. The van der Waals surface area contributed by atoms with Crippen molar-refractivity contribution in [1.29, 1.82) is 0 Å². The lowest BCUT2D eigenvalue weighted by atomic mass is 10.1. The van der Waals surface area contributed by atoms with Gasteiger partial charge in [0, 0.05) is 25.4 Å². The molecule has 2 N–H and O–H groups in total. The average Bonchev–Trinajstić information content (AvgIpc) is 2.68. The Bertz CT molecular complexity index is 736. The van der Waals surface area contributed by atoms with Gasteiger partial charge in [-0.1, -0.05) is 0 Å². The smallest absolute Gasteiger partial charge is 0.328 e. The Kier molecular flexibility index (Phi) is 4.35. The number of hydrogen-bond donors (Lipinski definition) is 2. The zero-order valence-corrected chi connectivity index (χ0v) is 12.8. The van der Waals surface area contributed by atoms with E-state index in [-0.39, 0.29) is 17.1 Å². The van der Waals surface area contributed by atoms with Gasteiger partial charge in [0.15, 0.2) is 9.84 Å². The molecule has 1 aromatic rings. The van der Waals surface area contributed by atoms with Crippen LogP contribution in [0.1, 0.15) is 5.56 Å². The number of aliphatic hydroxyl groups excluding tert-OH is 1. The number of rotatable bonds is 4. The van der Waals surface area contributed by atoms with Crippen LogP contribution in [-0.4, -0.2) is 65.2 Å². The molecule has 1 aromatic heterocycles. The second-order valence-electron chi connectivity index (χ2n) is 5.43. The minimum Gasteiger partial charge on any atom is -0.390 e. The number of likely N-dealkylation sites (N-methyl/N-ethyl adjacent to an activating group) is 1. The van der Waals surface area contributed by atoms with Crippen molar-refractivity contribution in [2.45, 2.75) is 18.6 Å². The Morgan fingerprint density at radius 1 is 1.43 bits per heavy atom. The molecule has 8 nitrogen and oxygen atoms in total. The quantitative estimate of drug-likeness (QED) is 0.646. The highest BCUT2D eigenvalue weighted by molar-refractivity contribution is 7.91. The van der Waals surface area contributed by atoms with Crippen molar-refractivity contribution >= 4 is 9.84 Å². The molecular formula is C12H19N3O5S. The summed E-state index contributed by atoms with van der Waals surface area (Å²) in [6, 6.07) is -0.457. The van der Waals surface area contributed by atoms with Gasteiger partial charge in [-0.15, -0.1) is 0 Å². The molecule has 0 saturated carbocycles. The van der Waals surface area contributed by atoms with Gasteiger partial charge in [0.05, 0.1) is 23.7 Å². The van der Waals surface area contributed by atoms with Crippen molar-refractivity contribution < 1.29 is 13.5 Å². The van der Waals surface area contributed by atoms with Crippen molar-refractivity contribution in [2.24, 2.45) is 7.05 Å². The molecule has 0 unspecified atom stereocenters. The van der Waals surface area contributed by atoms with E-state index in [0.717, 1.165) is 4.57 Å². The van der Waals surface area contributed by atoms with Gasteiger partial charge in [0.1, 0.15) is 0 Å². The molecule has 0 radical (unpaired) electrons. The van der Waals surface area contributed by atoms with E-state index in [1.165, 1.54) is 13.2 Å². The van der Waals surface area contributed by atoms with Gasteiger partial charge >= 0.3 is 5.69 Å². The zero-order chi connectivity index (χ0) is 15.8. The second kappa shape index (κ2) is 5.74. The van der Waals surface area contributed by atoms with Gasteiger partial charge in [-0.3, -0.25) is 14.3 Å². The van der Waals surface area contributed by atoms with Crippen LogP contribution in [0.2, 0.25) is 0 Å². The van der Waals surface area contributed by atoms with Gasteiger partial charge in [-0.25, -0.2) is 13.2 Å². The molecule has 0 spiro atoms. The minimum atomic E-state index is -3.20. The van der Waals surface area contributed by atoms with Crippen LogP contribution >= 0.6 is 0 Å². The predicted molar refractivity (Wildman–Crippen MR) is 77.1 cm³/mol. The van der Waals surface area contributed by atoms with E-state index >= 15 is 0 Å². The molecule has 0 bridgehead atoms. The summed E-state index contributed by atoms with van der Waals surface area (Å²) in [5.41, 5.74) is -0.402. The van der Waals surface area contributed by atoms with Gasteiger partial charge in [0.25, 0.3) is 5.56 Å². The van der Waals surface area contributed by atoms with Crippen LogP contribution in [0.3, 0.4) is 0 Å². The first-order valence-corrected chi connectivity index (χ1v) is 8.40. The molecule has 1 aliphatic rings. The van der Waals surface area contributed by atoms with Crippen LogP contribution in [0.15, 0.2) is 15.8 Å².